The van der Waals surface area contributed by atoms with Gasteiger partial charge in [0.05, 0.1) is 41.0 Å². The largest absolute Gasteiger partial charge is 0.389 e. The van der Waals surface area contributed by atoms with Crippen LogP contribution in [0.4, 0.5) is 23.0 Å². The normalized spacial score (nSPS) is 21.1. The third kappa shape index (κ3) is 7.01. The molecule has 1 aromatic carbocycles. The number of nitrogens with one attached hydrogen (secondary N) is 2. The number of benzene rings is 1. The second-order valence-electron chi connectivity index (χ2n) is 11.9. The van der Waals surface area contributed by atoms with Crippen LogP contribution in [0.5, 0.6) is 0 Å². The van der Waals surface area contributed by atoms with Gasteiger partial charge in [-0.1, -0.05) is 6.07 Å². The topological polar surface area (TPSA) is 124 Å². The summed E-state index contributed by atoms with van der Waals surface area (Å²) in [6, 6.07) is 10.5. The number of carbonyl (C=O) groups excluding carboxylic acids is 1. The minimum Gasteiger partial charge on any atom is -0.389 e. The number of ether oxygens (including phenoxy) is 1. The summed E-state index contributed by atoms with van der Waals surface area (Å²) in [5.74, 6) is 0.495. The van der Waals surface area contributed by atoms with E-state index >= 15 is 0 Å². The van der Waals surface area contributed by atoms with Crippen molar-refractivity contribution in [2.45, 2.75) is 58.2 Å². The number of carbonyl (C=O) groups is 1. The summed E-state index contributed by atoms with van der Waals surface area (Å²) < 4.78 is 33.5. The highest BCUT2D eigenvalue weighted by atomic mass is 32.2. The molecule has 0 radical (unpaired) electrons. The first-order chi connectivity index (χ1) is 18.4. The molecule has 1 spiro atoms. The van der Waals surface area contributed by atoms with Crippen LogP contribution in [0, 0.1) is 5.41 Å². The van der Waals surface area contributed by atoms with Crippen molar-refractivity contribution in [1.29, 1.82) is 0 Å². The van der Waals surface area contributed by atoms with E-state index in [1.165, 1.54) is 26.7 Å². The van der Waals surface area contributed by atoms with Gasteiger partial charge < -0.3 is 25.0 Å². The van der Waals surface area contributed by atoms with E-state index in [1.807, 2.05) is 19.1 Å². The van der Waals surface area contributed by atoms with E-state index in [0.29, 0.717) is 34.8 Å². The van der Waals surface area contributed by atoms with Gasteiger partial charge in [-0.3, -0.25) is 9.52 Å². The van der Waals surface area contributed by atoms with Crippen molar-refractivity contribution < 1.29 is 23.1 Å². The number of piperidine rings is 1. The van der Waals surface area contributed by atoms with Crippen molar-refractivity contribution in [3.63, 3.8) is 0 Å². The summed E-state index contributed by atoms with van der Waals surface area (Å²) in [5, 5.41) is 13.0. The van der Waals surface area contributed by atoms with Gasteiger partial charge in [0.1, 0.15) is 11.6 Å². The molecule has 10 nitrogen and oxygen atoms in total. The number of hydrogen-bond acceptors (Lipinski definition) is 8. The summed E-state index contributed by atoms with van der Waals surface area (Å²) in [5.41, 5.74) is 0.579. The fourth-order valence-corrected chi connectivity index (χ4v) is 7.00. The highest BCUT2D eigenvalue weighted by molar-refractivity contribution is 7.92. The zero-order valence-corrected chi connectivity index (χ0v) is 23.8. The van der Waals surface area contributed by atoms with Gasteiger partial charge in [0, 0.05) is 26.2 Å². The Labute approximate surface area is 230 Å². The van der Waals surface area contributed by atoms with Gasteiger partial charge in [-0.2, -0.15) is 0 Å². The fourth-order valence-electron chi connectivity index (χ4n) is 5.51. The molecule has 3 fully saturated rings. The molecule has 3 N–H and O–H groups in total. The number of morpholine rings is 1. The van der Waals surface area contributed by atoms with Gasteiger partial charge >= 0.3 is 0 Å². The number of anilines is 4. The first-order valence-electron chi connectivity index (χ1n) is 13.7. The maximum atomic E-state index is 13.6. The Bertz CT molecular complexity index is 1310. The first-order valence-corrected chi connectivity index (χ1v) is 15.3. The molecule has 3 heterocycles. The summed E-state index contributed by atoms with van der Waals surface area (Å²) >= 11 is 0. The second kappa shape index (κ2) is 10.6. The lowest BCUT2D eigenvalue weighted by atomic mass is 9.93. The predicted octanol–water partition coefficient (Wildman–Crippen LogP) is 3.45. The molecule has 0 bridgehead atoms. The molecular formula is C28H39N5O5S. The molecule has 1 amide bonds. The van der Waals surface area contributed by atoms with Gasteiger partial charge in [0.25, 0.3) is 5.91 Å². The Morgan fingerprint density at radius 3 is 2.54 bits per heavy atom. The van der Waals surface area contributed by atoms with Gasteiger partial charge in [-0.05, 0) is 82.2 Å². The standard InChI is InChI=1S/C28H39N5O5S/c1-20-18-33(15-16-38-20)25-6-4-5-24(29-25)30-26(34)22-8-7-21(31-39(36,37)19-27(2,3)35)17-23(22)32-13-11-28(9-10-28)12-14-32/h4-8,17,20,31,35H,9-16,18-19H2,1-3H3,(H,29,30,34)/t20-/m1/s1. The monoisotopic (exact) mass is 557 g/mol. The summed E-state index contributed by atoms with van der Waals surface area (Å²) in [6.45, 7) is 8.65. The summed E-state index contributed by atoms with van der Waals surface area (Å²) in [4.78, 5) is 22.5. The van der Waals surface area contributed by atoms with Gasteiger partial charge in [0.15, 0.2) is 0 Å². The SMILES string of the molecule is C[C@@H]1CN(c2cccc(NC(=O)c3ccc(NS(=O)(=O)CC(C)(C)O)cc3N3CCC4(CC3)CC4)n2)CCO1. The minimum absolute atomic E-state index is 0.111. The minimum atomic E-state index is -3.79. The lowest BCUT2D eigenvalue weighted by molar-refractivity contribution is 0.0529. The van der Waals surface area contributed by atoms with Crippen LogP contribution in [0.2, 0.25) is 0 Å². The molecule has 1 atom stereocenters. The van der Waals surface area contributed by atoms with Crippen LogP contribution in [0.25, 0.3) is 0 Å². The Balaban J connectivity index is 1.38. The molecule has 39 heavy (non-hydrogen) atoms. The highest BCUT2D eigenvalue weighted by Crippen LogP contribution is 2.54. The molecule has 5 rings (SSSR count). The van der Waals surface area contributed by atoms with Crippen LogP contribution in [-0.4, -0.2) is 74.7 Å². The maximum absolute atomic E-state index is 13.6. The van der Waals surface area contributed by atoms with E-state index in [-0.39, 0.29) is 12.0 Å². The predicted molar refractivity (Wildman–Crippen MR) is 153 cm³/mol. The zero-order chi connectivity index (χ0) is 27.8. The van der Waals surface area contributed by atoms with Crippen LogP contribution in [0.3, 0.4) is 0 Å². The quantitative estimate of drug-likeness (QED) is 0.451. The Morgan fingerprint density at radius 2 is 1.87 bits per heavy atom. The molecule has 1 aliphatic carbocycles. The van der Waals surface area contributed by atoms with Crippen molar-refractivity contribution in [2.24, 2.45) is 5.41 Å². The lowest BCUT2D eigenvalue weighted by Gasteiger charge is -2.35. The number of rotatable bonds is 8. The van der Waals surface area contributed by atoms with Crippen molar-refractivity contribution in [1.82, 2.24) is 4.98 Å². The highest BCUT2D eigenvalue weighted by Gasteiger charge is 2.44. The van der Waals surface area contributed by atoms with Crippen LogP contribution in [-0.2, 0) is 14.8 Å². The summed E-state index contributed by atoms with van der Waals surface area (Å²) in [7, 11) is -3.79. The van der Waals surface area contributed by atoms with E-state index < -0.39 is 21.4 Å². The molecule has 2 aliphatic heterocycles. The number of nitrogens with zero attached hydrogens (tertiary/aromatic N) is 3. The fraction of sp³-hybridized carbons (Fsp3) is 0.571. The molecular weight excluding hydrogens is 518 g/mol. The zero-order valence-electron chi connectivity index (χ0n) is 22.9. The van der Waals surface area contributed by atoms with E-state index in [4.69, 9.17) is 4.74 Å². The molecule has 0 unspecified atom stereocenters. The smallest absolute Gasteiger partial charge is 0.258 e. The average Bonchev–Trinajstić information content (AvgIpc) is 3.61. The molecule has 11 heteroatoms. The third-order valence-corrected chi connectivity index (χ3v) is 9.36. The maximum Gasteiger partial charge on any atom is 0.258 e. The molecule has 3 aliphatic rings. The van der Waals surface area contributed by atoms with Crippen molar-refractivity contribution in [3.8, 4) is 0 Å². The van der Waals surface area contributed by atoms with Crippen molar-refractivity contribution >= 4 is 38.9 Å². The van der Waals surface area contributed by atoms with Crippen molar-refractivity contribution in [2.75, 3.05) is 58.4 Å². The van der Waals surface area contributed by atoms with Crippen LogP contribution in [0.15, 0.2) is 36.4 Å². The summed E-state index contributed by atoms with van der Waals surface area (Å²) in [6.07, 6.45) is 4.75. The molecule has 212 valence electrons. The van der Waals surface area contributed by atoms with E-state index in [0.717, 1.165) is 44.8 Å². The Hall–Kier alpha value is -2.89. The van der Waals surface area contributed by atoms with E-state index in [9.17, 15) is 18.3 Å². The van der Waals surface area contributed by atoms with Gasteiger partial charge in [-0.25, -0.2) is 13.4 Å². The van der Waals surface area contributed by atoms with E-state index in [2.05, 4.69) is 24.8 Å². The van der Waals surface area contributed by atoms with Crippen LogP contribution >= 0.6 is 0 Å². The number of pyridine rings is 1. The van der Waals surface area contributed by atoms with Crippen molar-refractivity contribution in [3.05, 3.63) is 42.0 Å². The van der Waals surface area contributed by atoms with Gasteiger partial charge in [0.2, 0.25) is 10.0 Å². The first kappa shape index (κ1) is 27.7. The lowest BCUT2D eigenvalue weighted by Crippen LogP contribution is -2.41. The number of hydrogen-bond donors (Lipinski definition) is 3. The van der Waals surface area contributed by atoms with E-state index in [1.54, 1.807) is 24.3 Å². The van der Waals surface area contributed by atoms with Gasteiger partial charge in [-0.15, -0.1) is 0 Å². The molecule has 1 saturated carbocycles. The second-order valence-corrected chi connectivity index (χ2v) is 13.6. The Morgan fingerprint density at radius 1 is 1.13 bits per heavy atom. The molecule has 2 saturated heterocycles. The van der Waals surface area contributed by atoms with Crippen LogP contribution < -0.4 is 19.8 Å². The average molecular weight is 558 g/mol. The molecule has 2 aromatic rings. The molecule has 1 aromatic heterocycles. The number of sulfonamides is 1. The van der Waals surface area contributed by atoms with Crippen LogP contribution in [0.1, 0.15) is 56.8 Å². The Kier molecular flexibility index (Phi) is 7.51. The number of aliphatic hydroxyl groups is 1. The number of amides is 1. The third-order valence-electron chi connectivity index (χ3n) is 7.72. The number of aromatic nitrogens is 1.